The zero-order chi connectivity index (χ0) is 13.9. The minimum Gasteiger partial charge on any atom is -0.457 e. The molecule has 0 aliphatic rings. The van der Waals surface area contributed by atoms with Gasteiger partial charge in [0.2, 0.25) is 0 Å². The second-order valence-electron chi connectivity index (χ2n) is 4.46. The minimum atomic E-state index is -0.375. The summed E-state index contributed by atoms with van der Waals surface area (Å²) in [6.07, 6.45) is 6.44. The zero-order valence-electron chi connectivity index (χ0n) is 10.9. The third-order valence-electron chi connectivity index (χ3n) is 2.84. The zero-order valence-corrected chi connectivity index (χ0v) is 10.9. The van der Waals surface area contributed by atoms with E-state index in [9.17, 15) is 4.79 Å². The summed E-state index contributed by atoms with van der Waals surface area (Å²) >= 11 is 0. The summed E-state index contributed by atoms with van der Waals surface area (Å²) < 4.78 is 8.78. The molecule has 3 heterocycles. The second kappa shape index (κ2) is 5.12. The van der Waals surface area contributed by atoms with E-state index < -0.39 is 0 Å². The first-order chi connectivity index (χ1) is 9.72. The van der Waals surface area contributed by atoms with Gasteiger partial charge in [0.25, 0.3) is 0 Å². The molecule has 0 spiro atoms. The Balaban J connectivity index is 1.68. The van der Waals surface area contributed by atoms with Gasteiger partial charge in [-0.1, -0.05) is 0 Å². The van der Waals surface area contributed by atoms with E-state index in [2.05, 4.69) is 15.3 Å². The van der Waals surface area contributed by atoms with Gasteiger partial charge in [0.05, 0.1) is 12.1 Å². The first-order valence-corrected chi connectivity index (χ1v) is 6.20. The average Bonchev–Trinajstić information content (AvgIpc) is 3.07. The molecule has 0 aliphatic heterocycles. The third kappa shape index (κ3) is 2.51. The number of esters is 1. The van der Waals surface area contributed by atoms with Gasteiger partial charge >= 0.3 is 5.97 Å². The molecule has 7 heteroatoms. The number of carbonyl (C=O) groups is 1. The van der Waals surface area contributed by atoms with E-state index in [1.54, 1.807) is 39.9 Å². The second-order valence-corrected chi connectivity index (χ2v) is 4.46. The maximum atomic E-state index is 12.0. The first-order valence-electron chi connectivity index (χ1n) is 6.20. The van der Waals surface area contributed by atoms with E-state index in [1.165, 1.54) is 0 Å². The van der Waals surface area contributed by atoms with E-state index >= 15 is 0 Å². The number of nitrogens with zero attached hydrogens (tertiary/aromatic N) is 5. The van der Waals surface area contributed by atoms with Crippen LogP contribution in [0.5, 0.6) is 0 Å². The molecule has 0 saturated carbocycles. The van der Waals surface area contributed by atoms with Gasteiger partial charge in [-0.3, -0.25) is 9.08 Å². The van der Waals surface area contributed by atoms with Crippen LogP contribution in [0.2, 0.25) is 0 Å². The molecular weight excluding hydrogens is 258 g/mol. The Morgan fingerprint density at radius 2 is 2.35 bits per heavy atom. The highest BCUT2D eigenvalue weighted by Crippen LogP contribution is 2.07. The van der Waals surface area contributed by atoms with Gasteiger partial charge in [0, 0.05) is 18.6 Å². The fourth-order valence-corrected chi connectivity index (χ4v) is 1.91. The molecule has 1 atom stereocenters. The van der Waals surface area contributed by atoms with Gasteiger partial charge in [0.15, 0.2) is 5.65 Å². The Hall–Kier alpha value is -2.70. The SMILES string of the molecule is CC(Cn1cccn1)OC(=O)c1ccc2nncn2c1. The van der Waals surface area contributed by atoms with Crippen molar-refractivity contribution < 1.29 is 9.53 Å². The lowest BCUT2D eigenvalue weighted by molar-refractivity contribution is 0.0298. The molecule has 0 aromatic carbocycles. The summed E-state index contributed by atoms with van der Waals surface area (Å²) in [7, 11) is 0. The fraction of sp³-hybridized carbons (Fsp3) is 0.231. The molecule has 3 aromatic rings. The molecule has 3 aromatic heterocycles. The van der Waals surface area contributed by atoms with Crippen molar-refractivity contribution in [1.82, 2.24) is 24.4 Å². The molecule has 7 nitrogen and oxygen atoms in total. The van der Waals surface area contributed by atoms with Crippen molar-refractivity contribution in [3.05, 3.63) is 48.7 Å². The first kappa shape index (κ1) is 12.3. The lowest BCUT2D eigenvalue weighted by Crippen LogP contribution is -2.21. The van der Waals surface area contributed by atoms with Crippen molar-refractivity contribution in [2.45, 2.75) is 19.6 Å². The summed E-state index contributed by atoms with van der Waals surface area (Å²) in [6, 6.07) is 5.23. The summed E-state index contributed by atoms with van der Waals surface area (Å²) in [5.41, 5.74) is 1.15. The summed E-state index contributed by atoms with van der Waals surface area (Å²) in [4.78, 5) is 12.0. The fourth-order valence-electron chi connectivity index (χ4n) is 1.91. The van der Waals surface area contributed by atoms with Crippen LogP contribution in [0.3, 0.4) is 0 Å². The maximum absolute atomic E-state index is 12.0. The molecule has 3 rings (SSSR count). The van der Waals surface area contributed by atoms with Gasteiger partial charge in [-0.15, -0.1) is 10.2 Å². The predicted octanol–water partition coefficient (Wildman–Crippen LogP) is 1.17. The van der Waals surface area contributed by atoms with Crippen LogP contribution < -0.4 is 0 Å². The number of carbonyl (C=O) groups excluding carboxylic acids is 1. The van der Waals surface area contributed by atoms with Gasteiger partial charge in [-0.2, -0.15) is 5.10 Å². The summed E-state index contributed by atoms with van der Waals surface area (Å²) in [5, 5.41) is 11.7. The van der Waals surface area contributed by atoms with Gasteiger partial charge in [-0.25, -0.2) is 4.79 Å². The van der Waals surface area contributed by atoms with Gasteiger partial charge in [-0.05, 0) is 25.1 Å². The smallest absolute Gasteiger partial charge is 0.339 e. The Bertz CT molecular complexity index is 719. The van der Waals surface area contributed by atoms with Crippen LogP contribution in [-0.2, 0) is 11.3 Å². The monoisotopic (exact) mass is 271 g/mol. The lowest BCUT2D eigenvalue weighted by atomic mass is 10.3. The standard InChI is InChI=1S/C13H13N5O2/c1-10(7-18-6-2-5-15-18)20-13(19)11-3-4-12-16-14-9-17(12)8-11/h2-6,8-10H,7H2,1H3. The number of fused-ring (bicyclic) bond motifs is 1. The Kier molecular flexibility index (Phi) is 3.16. The van der Waals surface area contributed by atoms with Crippen LogP contribution in [0, 0.1) is 0 Å². The Morgan fingerprint density at radius 3 is 3.15 bits per heavy atom. The van der Waals surface area contributed by atoms with Crippen molar-refractivity contribution in [2.75, 3.05) is 0 Å². The highest BCUT2D eigenvalue weighted by Gasteiger charge is 2.13. The Labute approximate surface area is 114 Å². The van der Waals surface area contributed by atoms with Crippen molar-refractivity contribution in [2.24, 2.45) is 0 Å². The summed E-state index contributed by atoms with van der Waals surface area (Å²) in [6.45, 7) is 2.35. The van der Waals surface area contributed by atoms with E-state index in [0.717, 1.165) is 0 Å². The quantitative estimate of drug-likeness (QED) is 0.666. The average molecular weight is 271 g/mol. The number of hydrogen-bond donors (Lipinski definition) is 0. The van der Waals surface area contributed by atoms with Crippen LogP contribution in [0.1, 0.15) is 17.3 Å². The molecule has 0 aliphatic carbocycles. The molecular formula is C13H13N5O2. The largest absolute Gasteiger partial charge is 0.457 e. The van der Waals surface area contributed by atoms with Crippen LogP contribution in [0.15, 0.2) is 43.1 Å². The predicted molar refractivity (Wildman–Crippen MR) is 70.1 cm³/mol. The molecule has 0 radical (unpaired) electrons. The van der Waals surface area contributed by atoms with E-state index in [1.807, 2.05) is 19.2 Å². The van der Waals surface area contributed by atoms with Crippen LogP contribution in [0.4, 0.5) is 0 Å². The van der Waals surface area contributed by atoms with Crippen LogP contribution in [0.25, 0.3) is 5.65 Å². The molecule has 1 unspecified atom stereocenters. The van der Waals surface area contributed by atoms with Crippen LogP contribution >= 0.6 is 0 Å². The van der Waals surface area contributed by atoms with Gasteiger partial charge < -0.3 is 4.74 Å². The van der Waals surface area contributed by atoms with Gasteiger partial charge in [0.1, 0.15) is 12.4 Å². The molecule has 0 amide bonds. The molecule has 0 fully saturated rings. The van der Waals surface area contributed by atoms with Crippen molar-refractivity contribution in [3.63, 3.8) is 0 Å². The number of hydrogen-bond acceptors (Lipinski definition) is 5. The highest BCUT2D eigenvalue weighted by atomic mass is 16.5. The highest BCUT2D eigenvalue weighted by molar-refractivity contribution is 5.89. The van der Waals surface area contributed by atoms with Crippen molar-refractivity contribution in [1.29, 1.82) is 0 Å². The normalized spacial score (nSPS) is 12.4. The van der Waals surface area contributed by atoms with E-state index in [0.29, 0.717) is 17.8 Å². The van der Waals surface area contributed by atoms with Crippen molar-refractivity contribution in [3.8, 4) is 0 Å². The molecule has 102 valence electrons. The Morgan fingerprint density at radius 1 is 1.45 bits per heavy atom. The number of ether oxygens (including phenoxy) is 1. The van der Waals surface area contributed by atoms with Crippen molar-refractivity contribution >= 4 is 11.6 Å². The van der Waals surface area contributed by atoms with Crippen LogP contribution in [-0.4, -0.2) is 36.5 Å². The molecule has 0 bridgehead atoms. The molecule has 0 saturated heterocycles. The third-order valence-corrected chi connectivity index (χ3v) is 2.84. The number of aromatic nitrogens is 5. The van der Waals surface area contributed by atoms with E-state index in [4.69, 9.17) is 4.74 Å². The maximum Gasteiger partial charge on any atom is 0.339 e. The van der Waals surface area contributed by atoms with E-state index in [-0.39, 0.29) is 12.1 Å². The summed E-state index contributed by atoms with van der Waals surface area (Å²) in [5.74, 6) is -0.375. The lowest BCUT2D eigenvalue weighted by Gasteiger charge is -2.13. The molecule has 20 heavy (non-hydrogen) atoms. The minimum absolute atomic E-state index is 0.265. The topological polar surface area (TPSA) is 74.3 Å². The molecule has 0 N–H and O–H groups in total. The number of pyridine rings is 1. The number of rotatable bonds is 4.